The molecule has 82 valence electrons. The zero-order valence-corrected chi connectivity index (χ0v) is 9.26. The zero-order valence-electron chi connectivity index (χ0n) is 9.26. The van der Waals surface area contributed by atoms with Crippen LogP contribution in [0.3, 0.4) is 0 Å². The molecule has 2 atom stereocenters. The van der Waals surface area contributed by atoms with Crippen LogP contribution in [0.2, 0.25) is 0 Å². The van der Waals surface area contributed by atoms with Crippen LogP contribution in [-0.2, 0) is 5.60 Å². The van der Waals surface area contributed by atoms with E-state index in [9.17, 15) is 9.50 Å². The molecule has 0 spiro atoms. The van der Waals surface area contributed by atoms with E-state index < -0.39 is 5.60 Å². The van der Waals surface area contributed by atoms with Gasteiger partial charge in [-0.25, -0.2) is 4.39 Å². The van der Waals surface area contributed by atoms with Crippen LogP contribution in [0.25, 0.3) is 0 Å². The van der Waals surface area contributed by atoms with Gasteiger partial charge in [0, 0.05) is 0 Å². The van der Waals surface area contributed by atoms with Gasteiger partial charge in [0.25, 0.3) is 0 Å². The van der Waals surface area contributed by atoms with Crippen LogP contribution in [-0.4, -0.2) is 5.11 Å². The molecule has 1 fully saturated rings. The van der Waals surface area contributed by atoms with Crippen molar-refractivity contribution in [1.82, 2.24) is 0 Å². The molecule has 1 N–H and O–H groups in total. The summed E-state index contributed by atoms with van der Waals surface area (Å²) in [6.45, 7) is 3.86. The molecule has 15 heavy (non-hydrogen) atoms. The van der Waals surface area contributed by atoms with E-state index in [0.29, 0.717) is 11.5 Å². The zero-order chi connectivity index (χ0) is 11.1. The van der Waals surface area contributed by atoms with E-state index in [0.717, 1.165) is 24.8 Å². The molecule has 0 amide bonds. The van der Waals surface area contributed by atoms with Crippen LogP contribution in [0, 0.1) is 18.7 Å². The highest BCUT2D eigenvalue weighted by Crippen LogP contribution is 2.41. The second-order valence-electron chi connectivity index (χ2n) is 4.84. The molecule has 0 bridgehead atoms. The first kappa shape index (κ1) is 10.6. The molecular weight excluding hydrogens is 191 g/mol. The lowest BCUT2D eigenvalue weighted by atomic mass is 9.90. The maximum absolute atomic E-state index is 13.4. The maximum Gasteiger partial charge on any atom is 0.126 e. The second-order valence-corrected chi connectivity index (χ2v) is 4.84. The SMILES string of the molecule is Cc1ccc(C2(O)CCC(C)C2)cc1F. The minimum atomic E-state index is -0.798. The molecule has 0 radical (unpaired) electrons. The highest BCUT2D eigenvalue weighted by Gasteiger charge is 2.36. The third-order valence-corrected chi connectivity index (χ3v) is 3.45. The van der Waals surface area contributed by atoms with Crippen LogP contribution in [0.5, 0.6) is 0 Å². The molecule has 1 aliphatic carbocycles. The molecule has 0 heterocycles. The lowest BCUT2D eigenvalue weighted by Gasteiger charge is -2.23. The van der Waals surface area contributed by atoms with E-state index >= 15 is 0 Å². The number of aryl methyl sites for hydroxylation is 1. The van der Waals surface area contributed by atoms with Gasteiger partial charge in [0.05, 0.1) is 5.60 Å². The molecule has 1 aliphatic rings. The van der Waals surface area contributed by atoms with Gasteiger partial charge >= 0.3 is 0 Å². The van der Waals surface area contributed by atoms with Gasteiger partial charge in [0.1, 0.15) is 5.82 Å². The fourth-order valence-electron chi connectivity index (χ4n) is 2.41. The van der Waals surface area contributed by atoms with Gasteiger partial charge in [-0.05, 0) is 49.3 Å². The molecule has 1 aromatic carbocycles. The first-order valence-electron chi connectivity index (χ1n) is 5.50. The maximum atomic E-state index is 13.4. The fraction of sp³-hybridized carbons (Fsp3) is 0.538. The predicted molar refractivity (Wildman–Crippen MR) is 58.0 cm³/mol. The molecule has 1 saturated carbocycles. The van der Waals surface area contributed by atoms with Crippen molar-refractivity contribution in [2.75, 3.05) is 0 Å². The number of rotatable bonds is 1. The van der Waals surface area contributed by atoms with E-state index in [1.165, 1.54) is 6.07 Å². The molecule has 1 aromatic rings. The van der Waals surface area contributed by atoms with Crippen LogP contribution in [0.4, 0.5) is 4.39 Å². The first-order valence-corrected chi connectivity index (χ1v) is 5.50. The summed E-state index contributed by atoms with van der Waals surface area (Å²) in [7, 11) is 0. The predicted octanol–water partition coefficient (Wildman–Crippen LogP) is 3.14. The van der Waals surface area contributed by atoms with Gasteiger partial charge in [-0.2, -0.15) is 0 Å². The van der Waals surface area contributed by atoms with Crippen molar-refractivity contribution in [3.63, 3.8) is 0 Å². The van der Waals surface area contributed by atoms with Gasteiger partial charge < -0.3 is 5.11 Å². The lowest BCUT2D eigenvalue weighted by Crippen LogP contribution is -2.21. The first-order chi connectivity index (χ1) is 7.01. The Kier molecular flexibility index (Phi) is 2.55. The van der Waals surface area contributed by atoms with Crippen LogP contribution in [0.1, 0.15) is 37.3 Å². The fourth-order valence-corrected chi connectivity index (χ4v) is 2.41. The number of hydrogen-bond acceptors (Lipinski definition) is 1. The summed E-state index contributed by atoms with van der Waals surface area (Å²) < 4.78 is 13.4. The molecular formula is C13H17FO. The highest BCUT2D eigenvalue weighted by atomic mass is 19.1. The quantitative estimate of drug-likeness (QED) is 0.751. The highest BCUT2D eigenvalue weighted by molar-refractivity contribution is 5.28. The summed E-state index contributed by atoms with van der Waals surface area (Å²) in [5.41, 5.74) is 0.567. The summed E-state index contributed by atoms with van der Waals surface area (Å²) in [6.07, 6.45) is 2.51. The minimum absolute atomic E-state index is 0.222. The monoisotopic (exact) mass is 208 g/mol. The van der Waals surface area contributed by atoms with Crippen molar-refractivity contribution in [1.29, 1.82) is 0 Å². The average molecular weight is 208 g/mol. The number of benzene rings is 1. The van der Waals surface area contributed by atoms with E-state index in [-0.39, 0.29) is 5.82 Å². The Labute approximate surface area is 89.9 Å². The smallest absolute Gasteiger partial charge is 0.126 e. The van der Waals surface area contributed by atoms with Gasteiger partial charge in [-0.1, -0.05) is 19.1 Å². The topological polar surface area (TPSA) is 20.2 Å². The minimum Gasteiger partial charge on any atom is -0.385 e. The van der Waals surface area contributed by atoms with E-state index in [1.807, 2.05) is 6.07 Å². The van der Waals surface area contributed by atoms with Gasteiger partial charge in [0.2, 0.25) is 0 Å². The van der Waals surface area contributed by atoms with E-state index in [4.69, 9.17) is 0 Å². The molecule has 2 heteroatoms. The average Bonchev–Trinajstić information content (AvgIpc) is 2.52. The summed E-state index contributed by atoms with van der Waals surface area (Å²) in [5, 5.41) is 10.4. The largest absolute Gasteiger partial charge is 0.385 e. The molecule has 0 aliphatic heterocycles. The Hall–Kier alpha value is -0.890. The van der Waals surface area contributed by atoms with Gasteiger partial charge in [-0.3, -0.25) is 0 Å². The lowest BCUT2D eigenvalue weighted by molar-refractivity contribution is 0.0404. The van der Waals surface area contributed by atoms with Crippen LogP contribution < -0.4 is 0 Å². The Morgan fingerprint density at radius 3 is 2.73 bits per heavy atom. The van der Waals surface area contributed by atoms with Crippen molar-refractivity contribution in [3.05, 3.63) is 35.1 Å². The van der Waals surface area contributed by atoms with Gasteiger partial charge in [-0.15, -0.1) is 0 Å². The van der Waals surface area contributed by atoms with Crippen LogP contribution >= 0.6 is 0 Å². The molecule has 2 unspecified atom stereocenters. The number of hydrogen-bond donors (Lipinski definition) is 1. The second kappa shape index (κ2) is 3.60. The standard InChI is InChI=1S/C13H17FO/c1-9-5-6-13(15,8-9)11-4-3-10(2)12(14)7-11/h3-4,7,9,15H,5-6,8H2,1-2H3. The van der Waals surface area contributed by atoms with Gasteiger partial charge in [0.15, 0.2) is 0 Å². The van der Waals surface area contributed by atoms with Crippen molar-refractivity contribution in [3.8, 4) is 0 Å². The van der Waals surface area contributed by atoms with Crippen molar-refractivity contribution in [2.45, 2.75) is 38.7 Å². The van der Waals surface area contributed by atoms with E-state index in [2.05, 4.69) is 6.92 Å². The number of aliphatic hydroxyl groups is 1. The summed E-state index contributed by atoms with van der Waals surface area (Å²) >= 11 is 0. The Morgan fingerprint density at radius 2 is 2.20 bits per heavy atom. The normalized spacial score (nSPS) is 30.8. The Bertz CT molecular complexity index is 375. The van der Waals surface area contributed by atoms with Crippen molar-refractivity contribution >= 4 is 0 Å². The third-order valence-electron chi connectivity index (χ3n) is 3.45. The Balaban J connectivity index is 2.33. The molecule has 0 aromatic heterocycles. The molecule has 0 saturated heterocycles. The van der Waals surface area contributed by atoms with Crippen molar-refractivity contribution < 1.29 is 9.50 Å². The number of halogens is 1. The van der Waals surface area contributed by atoms with E-state index in [1.54, 1.807) is 13.0 Å². The van der Waals surface area contributed by atoms with Crippen molar-refractivity contribution in [2.24, 2.45) is 5.92 Å². The summed E-state index contributed by atoms with van der Waals surface area (Å²) in [6, 6.07) is 5.06. The Morgan fingerprint density at radius 1 is 1.47 bits per heavy atom. The third kappa shape index (κ3) is 1.91. The summed E-state index contributed by atoms with van der Waals surface area (Å²) in [4.78, 5) is 0. The molecule has 1 nitrogen and oxygen atoms in total. The molecule has 2 rings (SSSR count). The van der Waals surface area contributed by atoms with Crippen LogP contribution in [0.15, 0.2) is 18.2 Å². The summed E-state index contributed by atoms with van der Waals surface area (Å²) in [5.74, 6) is 0.305.